The van der Waals surface area contributed by atoms with E-state index in [4.69, 9.17) is 9.47 Å². The van der Waals surface area contributed by atoms with Gasteiger partial charge in [-0.05, 0) is 13.8 Å². The maximum absolute atomic E-state index is 6.04. The highest BCUT2D eigenvalue weighted by molar-refractivity contribution is 5.80. The predicted molar refractivity (Wildman–Crippen MR) is 109 cm³/mol. The number of aromatic nitrogens is 8. The maximum Gasteiger partial charge on any atom is 0.325 e. The van der Waals surface area contributed by atoms with Gasteiger partial charge < -0.3 is 14.8 Å². The minimum atomic E-state index is 0.112. The first-order chi connectivity index (χ1) is 15.1. The molecule has 0 saturated heterocycles. The summed E-state index contributed by atoms with van der Waals surface area (Å²) in [6, 6.07) is 0.112. The second-order valence-corrected chi connectivity index (χ2v) is 6.75. The average molecular weight is 415 g/mol. The zero-order chi connectivity index (χ0) is 21.4. The SMILES string of the molecule is CNc1ncnc2c1Cc1nc(Oc3cnc(C)nc3)nc(Oc3cnc(C)nc3)c1-2. The van der Waals surface area contributed by atoms with Crippen LogP contribution in [0, 0.1) is 13.8 Å². The van der Waals surface area contributed by atoms with E-state index in [-0.39, 0.29) is 6.01 Å². The van der Waals surface area contributed by atoms with Gasteiger partial charge in [-0.1, -0.05) is 0 Å². The van der Waals surface area contributed by atoms with Gasteiger partial charge in [0, 0.05) is 19.0 Å². The fourth-order valence-electron chi connectivity index (χ4n) is 3.21. The van der Waals surface area contributed by atoms with E-state index in [1.165, 1.54) is 6.33 Å². The lowest BCUT2D eigenvalue weighted by Gasteiger charge is -2.11. The lowest BCUT2D eigenvalue weighted by atomic mass is 10.2. The number of rotatable bonds is 5. The molecule has 4 aromatic rings. The number of nitrogens with one attached hydrogen (secondary N) is 1. The van der Waals surface area contributed by atoms with Crippen LogP contribution in [0.4, 0.5) is 5.82 Å². The second-order valence-electron chi connectivity index (χ2n) is 6.75. The quantitative estimate of drug-likeness (QED) is 0.454. The van der Waals surface area contributed by atoms with Gasteiger partial charge in [0.1, 0.15) is 23.8 Å². The molecule has 0 bridgehead atoms. The van der Waals surface area contributed by atoms with Crippen molar-refractivity contribution in [3.05, 3.63) is 54.0 Å². The molecule has 31 heavy (non-hydrogen) atoms. The molecule has 0 spiro atoms. The van der Waals surface area contributed by atoms with E-state index >= 15 is 0 Å². The van der Waals surface area contributed by atoms with Gasteiger partial charge in [-0.25, -0.2) is 29.9 Å². The molecule has 0 atom stereocenters. The Labute approximate surface area is 177 Å². The van der Waals surface area contributed by atoms with Gasteiger partial charge in [-0.2, -0.15) is 9.97 Å². The number of fused-ring (bicyclic) bond motifs is 3. The number of hydrogen-bond donors (Lipinski definition) is 1. The van der Waals surface area contributed by atoms with Crippen molar-refractivity contribution in [2.45, 2.75) is 20.3 Å². The van der Waals surface area contributed by atoms with Crippen molar-refractivity contribution < 1.29 is 9.47 Å². The maximum atomic E-state index is 6.04. The fraction of sp³-hybridized carbons (Fsp3) is 0.200. The number of hydrogen-bond acceptors (Lipinski definition) is 11. The Morgan fingerprint density at radius 3 is 2.10 bits per heavy atom. The second kappa shape index (κ2) is 7.52. The van der Waals surface area contributed by atoms with Gasteiger partial charge in [0.25, 0.3) is 0 Å². The van der Waals surface area contributed by atoms with E-state index in [9.17, 15) is 0 Å². The molecule has 1 aliphatic carbocycles. The number of ether oxygens (including phenoxy) is 2. The molecule has 1 N–H and O–H groups in total. The van der Waals surface area contributed by atoms with Crippen molar-refractivity contribution in [1.29, 1.82) is 0 Å². The average Bonchev–Trinajstić information content (AvgIpc) is 3.16. The Morgan fingerprint density at radius 2 is 1.45 bits per heavy atom. The Hall–Kier alpha value is -4.28. The third-order valence-electron chi connectivity index (χ3n) is 4.63. The molecule has 11 heteroatoms. The van der Waals surface area contributed by atoms with Crippen LogP contribution in [0.5, 0.6) is 23.4 Å². The van der Waals surface area contributed by atoms with Gasteiger partial charge in [0.2, 0.25) is 5.88 Å². The van der Waals surface area contributed by atoms with E-state index in [1.54, 1.807) is 38.6 Å². The largest absolute Gasteiger partial charge is 0.435 e. The lowest BCUT2D eigenvalue weighted by molar-refractivity contribution is 0.407. The number of nitrogens with zero attached hydrogens (tertiary/aromatic N) is 8. The highest BCUT2D eigenvalue weighted by Crippen LogP contribution is 2.43. The van der Waals surface area contributed by atoms with Gasteiger partial charge >= 0.3 is 6.01 Å². The molecule has 0 radical (unpaired) electrons. The summed E-state index contributed by atoms with van der Waals surface area (Å²) in [5, 5.41) is 3.09. The molecule has 0 aromatic carbocycles. The minimum Gasteiger partial charge on any atom is -0.435 e. The molecule has 4 aromatic heterocycles. The van der Waals surface area contributed by atoms with Crippen LogP contribution >= 0.6 is 0 Å². The van der Waals surface area contributed by atoms with Crippen LogP contribution in [0.2, 0.25) is 0 Å². The van der Waals surface area contributed by atoms with Crippen LogP contribution in [0.1, 0.15) is 22.9 Å². The molecule has 0 aliphatic heterocycles. The number of anilines is 1. The zero-order valence-electron chi connectivity index (χ0n) is 17.0. The molecule has 1 aliphatic rings. The highest BCUT2D eigenvalue weighted by atomic mass is 16.5. The summed E-state index contributed by atoms with van der Waals surface area (Å²) in [7, 11) is 1.81. The Bertz CT molecular complexity index is 1260. The van der Waals surface area contributed by atoms with Crippen LogP contribution in [-0.4, -0.2) is 46.9 Å². The van der Waals surface area contributed by atoms with Gasteiger partial charge in [-0.3, -0.25) is 0 Å². The van der Waals surface area contributed by atoms with Gasteiger partial charge in [-0.15, -0.1) is 0 Å². The molecule has 0 amide bonds. The van der Waals surface area contributed by atoms with E-state index in [2.05, 4.69) is 45.2 Å². The minimum absolute atomic E-state index is 0.112. The highest BCUT2D eigenvalue weighted by Gasteiger charge is 2.31. The van der Waals surface area contributed by atoms with Crippen LogP contribution in [0.3, 0.4) is 0 Å². The van der Waals surface area contributed by atoms with Crippen molar-refractivity contribution in [2.24, 2.45) is 0 Å². The third kappa shape index (κ3) is 3.56. The van der Waals surface area contributed by atoms with Crippen LogP contribution in [0.15, 0.2) is 31.1 Å². The summed E-state index contributed by atoms with van der Waals surface area (Å²) < 4.78 is 11.8. The molecule has 154 valence electrons. The topological polar surface area (TPSA) is 134 Å². The molecule has 4 heterocycles. The Kier molecular flexibility index (Phi) is 4.54. The van der Waals surface area contributed by atoms with E-state index in [0.717, 1.165) is 11.4 Å². The van der Waals surface area contributed by atoms with Crippen molar-refractivity contribution in [1.82, 2.24) is 39.9 Å². The normalized spacial score (nSPS) is 11.6. The summed E-state index contributed by atoms with van der Waals surface area (Å²) in [5.74, 6) is 3.15. The lowest BCUT2D eigenvalue weighted by Crippen LogP contribution is -2.01. The van der Waals surface area contributed by atoms with Crippen molar-refractivity contribution in [3.8, 4) is 34.6 Å². The summed E-state index contributed by atoms with van der Waals surface area (Å²) in [6.07, 6.45) is 8.29. The van der Waals surface area contributed by atoms with E-state index in [0.29, 0.717) is 52.4 Å². The fourth-order valence-corrected chi connectivity index (χ4v) is 3.21. The molecular formula is C20H17N9O2. The summed E-state index contributed by atoms with van der Waals surface area (Å²) >= 11 is 0. The van der Waals surface area contributed by atoms with Crippen LogP contribution in [0.25, 0.3) is 11.3 Å². The Morgan fingerprint density at radius 1 is 0.806 bits per heavy atom. The standard InChI is InChI=1S/C20H17N9O2/c1-10-22-5-12(6-23-10)30-19-16-15(4-14-17(16)26-9-27-18(14)21-3)28-20(29-19)31-13-7-24-11(2)25-8-13/h5-9H,4H2,1-3H3,(H,21,26,27). The zero-order valence-corrected chi connectivity index (χ0v) is 17.0. The van der Waals surface area contributed by atoms with Crippen LogP contribution in [-0.2, 0) is 6.42 Å². The van der Waals surface area contributed by atoms with Crippen molar-refractivity contribution in [3.63, 3.8) is 0 Å². The van der Waals surface area contributed by atoms with Gasteiger partial charge in [0.05, 0.1) is 41.7 Å². The van der Waals surface area contributed by atoms with E-state index in [1.807, 2.05) is 7.05 Å². The van der Waals surface area contributed by atoms with E-state index < -0.39 is 0 Å². The first-order valence-corrected chi connectivity index (χ1v) is 9.46. The third-order valence-corrected chi connectivity index (χ3v) is 4.63. The summed E-state index contributed by atoms with van der Waals surface area (Å²) in [6.45, 7) is 3.59. The first kappa shape index (κ1) is 18.7. The van der Waals surface area contributed by atoms with Crippen molar-refractivity contribution in [2.75, 3.05) is 12.4 Å². The molecule has 5 rings (SSSR count). The van der Waals surface area contributed by atoms with Gasteiger partial charge in [0.15, 0.2) is 11.5 Å². The first-order valence-electron chi connectivity index (χ1n) is 9.46. The number of aryl methyl sites for hydroxylation is 2. The molecular weight excluding hydrogens is 398 g/mol. The monoisotopic (exact) mass is 415 g/mol. The molecule has 0 unspecified atom stereocenters. The smallest absolute Gasteiger partial charge is 0.325 e. The molecule has 11 nitrogen and oxygen atoms in total. The summed E-state index contributed by atoms with van der Waals surface area (Å²) in [4.78, 5) is 34.4. The van der Waals surface area contributed by atoms with Crippen LogP contribution < -0.4 is 14.8 Å². The Balaban J connectivity index is 1.60. The predicted octanol–water partition coefficient (Wildman–Crippen LogP) is 2.66. The van der Waals surface area contributed by atoms with Crippen molar-refractivity contribution >= 4 is 5.82 Å². The molecule has 0 fully saturated rings. The molecule has 0 saturated carbocycles. The summed E-state index contributed by atoms with van der Waals surface area (Å²) in [5.41, 5.74) is 3.02.